The Labute approximate surface area is 166 Å². The molecule has 3 nitrogen and oxygen atoms in total. The highest BCUT2D eigenvalue weighted by atomic mass is 19.4. The molecular formula is C22H22F4N2O. The van der Waals surface area contributed by atoms with Crippen molar-refractivity contribution in [2.24, 2.45) is 5.92 Å². The molecule has 0 fully saturated rings. The Morgan fingerprint density at radius 2 is 1.83 bits per heavy atom. The Kier molecular flexibility index (Phi) is 7.70. The molecule has 1 N–H and O–H groups in total. The van der Waals surface area contributed by atoms with Crippen LogP contribution in [0.4, 0.5) is 23.2 Å². The number of anilines is 1. The lowest BCUT2D eigenvalue weighted by atomic mass is 9.97. The van der Waals surface area contributed by atoms with E-state index in [-0.39, 0.29) is 12.2 Å². The minimum absolute atomic E-state index is 0.143. The van der Waals surface area contributed by atoms with Gasteiger partial charge in [0, 0.05) is 18.4 Å². The first-order valence-electron chi connectivity index (χ1n) is 9.02. The molecule has 2 aromatic carbocycles. The number of halogens is 4. The Balaban J connectivity index is 0.000000207. The van der Waals surface area contributed by atoms with E-state index in [0.717, 1.165) is 16.6 Å². The normalized spacial score (nSPS) is 12.1. The summed E-state index contributed by atoms with van der Waals surface area (Å²) in [7, 11) is 1.81. The molecule has 1 heterocycles. The second-order valence-electron chi connectivity index (χ2n) is 6.65. The number of carbonyl (C=O) groups is 1. The highest BCUT2D eigenvalue weighted by Crippen LogP contribution is 2.26. The van der Waals surface area contributed by atoms with Gasteiger partial charge in [0.2, 0.25) is 0 Å². The topological polar surface area (TPSA) is 42.0 Å². The van der Waals surface area contributed by atoms with Gasteiger partial charge >= 0.3 is 6.18 Å². The van der Waals surface area contributed by atoms with E-state index in [1.54, 1.807) is 49.5 Å². The molecule has 29 heavy (non-hydrogen) atoms. The molecule has 0 radical (unpaired) electrons. The van der Waals surface area contributed by atoms with Gasteiger partial charge in [0.05, 0.1) is 18.3 Å². The Hall–Kier alpha value is -2.96. The maximum atomic E-state index is 13.6. The first-order valence-corrected chi connectivity index (χ1v) is 9.02. The number of benzene rings is 2. The van der Waals surface area contributed by atoms with Crippen molar-refractivity contribution in [1.82, 2.24) is 4.98 Å². The van der Waals surface area contributed by atoms with Gasteiger partial charge in [-0.1, -0.05) is 42.5 Å². The number of aryl methyl sites for hydroxylation is 1. The lowest BCUT2D eigenvalue weighted by molar-refractivity contribution is -0.148. The number of rotatable bonds is 5. The minimum Gasteiger partial charge on any atom is -0.387 e. The van der Waals surface area contributed by atoms with Crippen molar-refractivity contribution in [2.45, 2.75) is 25.9 Å². The SMILES string of the molecule is CNc1cnc2c(F)c(C)ccc2c1.O=CC(Cc1ccccc1)CC(F)(F)F. The van der Waals surface area contributed by atoms with E-state index in [4.69, 9.17) is 0 Å². The summed E-state index contributed by atoms with van der Waals surface area (Å²) in [5.41, 5.74) is 2.70. The van der Waals surface area contributed by atoms with Crippen LogP contribution in [0.25, 0.3) is 10.9 Å². The van der Waals surface area contributed by atoms with E-state index in [2.05, 4.69) is 10.3 Å². The fraction of sp³-hybridized carbons (Fsp3) is 0.273. The van der Waals surface area contributed by atoms with E-state index in [1.165, 1.54) is 0 Å². The second kappa shape index (κ2) is 10.0. The van der Waals surface area contributed by atoms with Crippen LogP contribution in [-0.2, 0) is 11.2 Å². The average molecular weight is 406 g/mol. The van der Waals surface area contributed by atoms with Crippen LogP contribution in [-0.4, -0.2) is 24.5 Å². The minimum atomic E-state index is -4.28. The summed E-state index contributed by atoms with van der Waals surface area (Å²) in [6, 6.07) is 14.2. The Bertz CT molecular complexity index is 943. The van der Waals surface area contributed by atoms with Crippen molar-refractivity contribution in [1.29, 1.82) is 0 Å². The van der Waals surface area contributed by atoms with Gasteiger partial charge in [0.25, 0.3) is 0 Å². The van der Waals surface area contributed by atoms with E-state index >= 15 is 0 Å². The van der Waals surface area contributed by atoms with Crippen LogP contribution in [0.2, 0.25) is 0 Å². The number of hydrogen-bond donors (Lipinski definition) is 1. The fourth-order valence-electron chi connectivity index (χ4n) is 2.79. The van der Waals surface area contributed by atoms with Gasteiger partial charge in [-0.2, -0.15) is 13.2 Å². The molecular weight excluding hydrogens is 384 g/mol. The van der Waals surface area contributed by atoms with Crippen LogP contribution in [0.3, 0.4) is 0 Å². The average Bonchev–Trinajstić information content (AvgIpc) is 2.70. The van der Waals surface area contributed by atoms with E-state index in [9.17, 15) is 22.4 Å². The summed E-state index contributed by atoms with van der Waals surface area (Å²) < 4.78 is 49.7. The molecule has 3 rings (SSSR count). The van der Waals surface area contributed by atoms with Crippen LogP contribution < -0.4 is 5.32 Å². The number of nitrogens with zero attached hydrogens (tertiary/aromatic N) is 1. The predicted octanol–water partition coefficient (Wildman–Crippen LogP) is 5.72. The smallest absolute Gasteiger partial charge is 0.387 e. The van der Waals surface area contributed by atoms with Gasteiger partial charge in [-0.15, -0.1) is 0 Å². The molecule has 1 aromatic heterocycles. The number of alkyl halides is 3. The monoisotopic (exact) mass is 406 g/mol. The van der Waals surface area contributed by atoms with Gasteiger partial charge in [0.15, 0.2) is 5.82 Å². The number of hydrogen-bond acceptors (Lipinski definition) is 3. The maximum Gasteiger partial charge on any atom is 0.389 e. The third-order valence-corrected chi connectivity index (χ3v) is 4.30. The largest absolute Gasteiger partial charge is 0.389 e. The van der Waals surface area contributed by atoms with Gasteiger partial charge in [0.1, 0.15) is 11.8 Å². The standard InChI is InChI=1S/C11H11F3O.C11H11FN2/c12-11(13,14)7-10(8-15)6-9-4-2-1-3-5-9;1-7-3-4-8-5-9(13-2)6-14-11(8)10(7)12/h1-5,8,10H,6-7H2;3-6,13H,1-2H3. The number of fused-ring (bicyclic) bond motifs is 1. The molecule has 0 aliphatic heterocycles. The first-order chi connectivity index (χ1) is 13.7. The maximum absolute atomic E-state index is 13.6. The Morgan fingerprint density at radius 3 is 2.41 bits per heavy atom. The molecule has 1 unspecified atom stereocenters. The van der Waals surface area contributed by atoms with Crippen LogP contribution in [0.5, 0.6) is 0 Å². The summed E-state index contributed by atoms with van der Waals surface area (Å²) in [5.74, 6) is -1.21. The number of nitrogens with one attached hydrogen (secondary N) is 1. The van der Waals surface area contributed by atoms with E-state index < -0.39 is 18.5 Å². The van der Waals surface area contributed by atoms with Crippen LogP contribution in [0.1, 0.15) is 17.5 Å². The third kappa shape index (κ3) is 6.85. The van der Waals surface area contributed by atoms with Gasteiger partial charge in [-0.3, -0.25) is 4.98 Å². The quantitative estimate of drug-likeness (QED) is 0.435. The zero-order valence-corrected chi connectivity index (χ0v) is 16.1. The van der Waals surface area contributed by atoms with E-state index in [0.29, 0.717) is 17.4 Å². The lowest BCUT2D eigenvalue weighted by Gasteiger charge is -2.12. The molecule has 0 aliphatic rings. The highest BCUT2D eigenvalue weighted by molar-refractivity contribution is 5.82. The summed E-state index contributed by atoms with van der Waals surface area (Å²) in [5, 5.41) is 3.79. The number of aromatic nitrogens is 1. The highest BCUT2D eigenvalue weighted by Gasteiger charge is 2.31. The molecule has 7 heteroatoms. The van der Waals surface area contributed by atoms with Gasteiger partial charge < -0.3 is 10.1 Å². The summed E-state index contributed by atoms with van der Waals surface area (Å²) in [4.78, 5) is 14.6. The molecule has 0 aliphatic carbocycles. The number of pyridine rings is 1. The molecule has 0 spiro atoms. The molecule has 0 saturated heterocycles. The summed E-state index contributed by atoms with van der Waals surface area (Å²) in [6.45, 7) is 1.74. The fourth-order valence-corrected chi connectivity index (χ4v) is 2.79. The van der Waals surface area contributed by atoms with Crippen LogP contribution in [0, 0.1) is 18.7 Å². The molecule has 1 atom stereocenters. The van der Waals surface area contributed by atoms with Crippen molar-refractivity contribution >= 4 is 22.9 Å². The Morgan fingerprint density at radius 1 is 1.14 bits per heavy atom. The zero-order chi connectivity index (χ0) is 21.4. The van der Waals surface area contributed by atoms with Gasteiger partial charge in [-0.25, -0.2) is 4.39 Å². The van der Waals surface area contributed by atoms with Crippen molar-refractivity contribution < 1.29 is 22.4 Å². The van der Waals surface area contributed by atoms with E-state index in [1.807, 2.05) is 19.2 Å². The number of aldehydes is 1. The third-order valence-electron chi connectivity index (χ3n) is 4.30. The van der Waals surface area contributed by atoms with Crippen molar-refractivity contribution in [3.63, 3.8) is 0 Å². The first kappa shape index (κ1) is 22.3. The molecule has 3 aromatic rings. The summed E-state index contributed by atoms with van der Waals surface area (Å²) >= 11 is 0. The molecule has 0 saturated carbocycles. The second-order valence-corrected chi connectivity index (χ2v) is 6.65. The molecule has 0 amide bonds. The van der Waals surface area contributed by atoms with Crippen LogP contribution in [0.15, 0.2) is 54.7 Å². The van der Waals surface area contributed by atoms with Gasteiger partial charge in [-0.05, 0) is 30.5 Å². The van der Waals surface area contributed by atoms with Crippen molar-refractivity contribution in [3.05, 3.63) is 71.7 Å². The summed E-state index contributed by atoms with van der Waals surface area (Å²) in [6.07, 6.45) is -3.18. The molecule has 0 bridgehead atoms. The van der Waals surface area contributed by atoms with Crippen molar-refractivity contribution in [2.75, 3.05) is 12.4 Å². The van der Waals surface area contributed by atoms with Crippen LogP contribution >= 0.6 is 0 Å². The lowest BCUT2D eigenvalue weighted by Crippen LogP contribution is -2.18. The van der Waals surface area contributed by atoms with Crippen molar-refractivity contribution in [3.8, 4) is 0 Å². The molecule has 154 valence electrons. The number of carbonyl (C=O) groups excluding carboxylic acids is 1. The predicted molar refractivity (Wildman–Crippen MR) is 106 cm³/mol. The zero-order valence-electron chi connectivity index (χ0n) is 16.1.